The minimum Gasteiger partial charge on any atom is -0.359 e. The van der Waals surface area contributed by atoms with Crippen molar-refractivity contribution in [2.24, 2.45) is 0 Å². The van der Waals surface area contributed by atoms with Crippen molar-refractivity contribution >= 4 is 35.2 Å². The number of thioether (sulfide) groups is 2. The van der Waals surface area contributed by atoms with Crippen molar-refractivity contribution in [3.05, 3.63) is 12.4 Å². The zero-order valence-corrected chi connectivity index (χ0v) is 12.6. The van der Waals surface area contributed by atoms with Gasteiger partial charge < -0.3 is 9.80 Å². The molecule has 1 aromatic rings. The van der Waals surface area contributed by atoms with Crippen molar-refractivity contribution < 1.29 is 0 Å². The van der Waals surface area contributed by atoms with E-state index in [2.05, 4.69) is 39.1 Å². The highest BCUT2D eigenvalue weighted by Crippen LogP contribution is 2.20. The lowest BCUT2D eigenvalue weighted by Crippen LogP contribution is -2.33. The van der Waals surface area contributed by atoms with E-state index in [1.54, 1.807) is 6.33 Å². The number of hydrogen-bond donors (Lipinski definition) is 0. The number of nitrogens with zero attached hydrogens (tertiary/aromatic N) is 4. The van der Waals surface area contributed by atoms with Crippen LogP contribution in [0, 0.1) is 0 Å². The summed E-state index contributed by atoms with van der Waals surface area (Å²) in [5, 5.41) is 0. The lowest BCUT2D eigenvalue weighted by molar-refractivity contribution is 0.830. The normalized spacial score (nSPS) is 15.8. The molecule has 1 aliphatic heterocycles. The second kappa shape index (κ2) is 7.09. The Labute approximate surface area is 118 Å². The van der Waals surface area contributed by atoms with E-state index in [1.165, 1.54) is 11.5 Å². The topological polar surface area (TPSA) is 32.3 Å². The summed E-state index contributed by atoms with van der Waals surface area (Å²) < 4.78 is 0. The summed E-state index contributed by atoms with van der Waals surface area (Å²) in [5.41, 5.74) is 0. The summed E-state index contributed by atoms with van der Waals surface area (Å²) in [6, 6.07) is 2.11. The summed E-state index contributed by atoms with van der Waals surface area (Å²) in [7, 11) is 2.09. The summed E-state index contributed by atoms with van der Waals surface area (Å²) in [4.78, 5) is 13.3. The van der Waals surface area contributed by atoms with Crippen molar-refractivity contribution in [3.63, 3.8) is 0 Å². The van der Waals surface area contributed by atoms with Crippen LogP contribution in [0.4, 0.5) is 11.6 Å². The predicted octanol–water partition coefficient (Wildman–Crippen LogP) is 1.83. The number of aromatic nitrogens is 2. The van der Waals surface area contributed by atoms with E-state index in [0.29, 0.717) is 0 Å². The predicted molar refractivity (Wildman–Crippen MR) is 83.2 cm³/mol. The minimum absolute atomic E-state index is 1.02. The molecule has 0 saturated carbocycles. The second-order valence-electron chi connectivity index (χ2n) is 4.25. The van der Waals surface area contributed by atoms with Crippen LogP contribution in [0.1, 0.15) is 0 Å². The Morgan fingerprint density at radius 3 is 2.89 bits per heavy atom. The molecule has 2 heterocycles. The summed E-state index contributed by atoms with van der Waals surface area (Å²) in [6.45, 7) is 3.21. The van der Waals surface area contributed by atoms with E-state index in [1.807, 2.05) is 23.5 Å². The smallest absolute Gasteiger partial charge is 0.134 e. The van der Waals surface area contributed by atoms with Crippen molar-refractivity contribution in [2.45, 2.75) is 0 Å². The molecule has 1 aliphatic rings. The monoisotopic (exact) mass is 284 g/mol. The van der Waals surface area contributed by atoms with Crippen LogP contribution in [0.5, 0.6) is 0 Å². The van der Waals surface area contributed by atoms with E-state index in [0.717, 1.165) is 37.0 Å². The van der Waals surface area contributed by atoms with Gasteiger partial charge in [-0.25, -0.2) is 9.97 Å². The maximum Gasteiger partial charge on any atom is 0.134 e. The second-order valence-corrected chi connectivity index (χ2v) is 6.46. The average molecular weight is 284 g/mol. The van der Waals surface area contributed by atoms with Crippen LogP contribution < -0.4 is 9.80 Å². The van der Waals surface area contributed by atoms with Gasteiger partial charge in [-0.1, -0.05) is 0 Å². The first-order chi connectivity index (χ1) is 8.81. The number of anilines is 2. The molecule has 6 heteroatoms. The van der Waals surface area contributed by atoms with Crippen molar-refractivity contribution in [3.8, 4) is 0 Å². The van der Waals surface area contributed by atoms with Gasteiger partial charge in [0.25, 0.3) is 0 Å². The molecule has 1 saturated heterocycles. The van der Waals surface area contributed by atoms with E-state index in [4.69, 9.17) is 0 Å². The fraction of sp³-hybridized carbons (Fsp3) is 0.667. The molecular weight excluding hydrogens is 264 g/mol. The largest absolute Gasteiger partial charge is 0.359 e. The molecule has 0 atom stereocenters. The van der Waals surface area contributed by atoms with Crippen LogP contribution in [-0.2, 0) is 0 Å². The summed E-state index contributed by atoms with van der Waals surface area (Å²) >= 11 is 3.88. The fourth-order valence-corrected chi connectivity index (χ4v) is 3.21. The lowest BCUT2D eigenvalue weighted by Gasteiger charge is -2.28. The third kappa shape index (κ3) is 3.68. The molecule has 4 nitrogen and oxygen atoms in total. The van der Waals surface area contributed by atoms with Crippen LogP contribution in [0.15, 0.2) is 12.4 Å². The first-order valence-electron chi connectivity index (χ1n) is 6.16. The molecule has 0 bridgehead atoms. The SMILES string of the molecule is CSCCN(C)c1cc(N2CCSCC2)ncn1. The highest BCUT2D eigenvalue weighted by Gasteiger charge is 2.13. The summed E-state index contributed by atoms with van der Waals surface area (Å²) in [6.07, 6.45) is 3.81. The molecule has 2 rings (SSSR count). The van der Waals surface area contributed by atoms with E-state index in [-0.39, 0.29) is 0 Å². The van der Waals surface area contributed by atoms with E-state index in [9.17, 15) is 0 Å². The molecule has 0 spiro atoms. The van der Waals surface area contributed by atoms with Gasteiger partial charge in [0.15, 0.2) is 0 Å². The minimum atomic E-state index is 1.02. The van der Waals surface area contributed by atoms with Gasteiger partial charge in [-0.15, -0.1) is 0 Å². The first kappa shape index (κ1) is 13.8. The Morgan fingerprint density at radius 1 is 1.39 bits per heavy atom. The van der Waals surface area contributed by atoms with Gasteiger partial charge in [0.2, 0.25) is 0 Å². The lowest BCUT2D eigenvalue weighted by atomic mass is 10.4. The molecule has 0 amide bonds. The maximum atomic E-state index is 4.40. The fourth-order valence-electron chi connectivity index (χ4n) is 1.85. The van der Waals surface area contributed by atoms with Crippen LogP contribution in [0.2, 0.25) is 0 Å². The Morgan fingerprint density at radius 2 is 2.17 bits per heavy atom. The Kier molecular flexibility index (Phi) is 5.44. The molecule has 18 heavy (non-hydrogen) atoms. The molecule has 0 aliphatic carbocycles. The Hall–Kier alpha value is -0.620. The van der Waals surface area contributed by atoms with Gasteiger partial charge in [0, 0.05) is 50.0 Å². The zero-order valence-electron chi connectivity index (χ0n) is 11.0. The van der Waals surface area contributed by atoms with Crippen molar-refractivity contribution in [1.82, 2.24) is 9.97 Å². The van der Waals surface area contributed by atoms with Crippen molar-refractivity contribution in [2.75, 3.05) is 60.0 Å². The molecule has 0 unspecified atom stereocenters. The summed E-state index contributed by atoms with van der Waals surface area (Å²) in [5.74, 6) is 5.60. The zero-order chi connectivity index (χ0) is 12.8. The van der Waals surface area contributed by atoms with Gasteiger partial charge >= 0.3 is 0 Å². The first-order valence-corrected chi connectivity index (χ1v) is 8.71. The van der Waals surface area contributed by atoms with Gasteiger partial charge in [0.05, 0.1) is 0 Å². The van der Waals surface area contributed by atoms with E-state index < -0.39 is 0 Å². The molecule has 0 N–H and O–H groups in total. The Bertz CT molecular complexity index is 369. The molecule has 1 fully saturated rings. The van der Waals surface area contributed by atoms with Crippen LogP contribution >= 0.6 is 23.5 Å². The molecule has 1 aromatic heterocycles. The van der Waals surface area contributed by atoms with Gasteiger partial charge in [-0.3, -0.25) is 0 Å². The van der Waals surface area contributed by atoms with Gasteiger partial charge in [-0.05, 0) is 6.26 Å². The third-order valence-electron chi connectivity index (χ3n) is 3.00. The number of hydrogen-bond acceptors (Lipinski definition) is 6. The van der Waals surface area contributed by atoms with E-state index >= 15 is 0 Å². The van der Waals surface area contributed by atoms with Crippen LogP contribution in [0.25, 0.3) is 0 Å². The quantitative estimate of drug-likeness (QED) is 0.820. The standard InChI is InChI=1S/C12H20N4S2/c1-15(3-6-17-2)11-9-12(14-10-13-11)16-4-7-18-8-5-16/h9-10H,3-8H2,1-2H3. The molecule has 100 valence electrons. The van der Waals surface area contributed by atoms with Crippen molar-refractivity contribution in [1.29, 1.82) is 0 Å². The van der Waals surface area contributed by atoms with Crippen LogP contribution in [0.3, 0.4) is 0 Å². The average Bonchev–Trinajstić information content (AvgIpc) is 2.46. The highest BCUT2D eigenvalue weighted by atomic mass is 32.2. The molecular formula is C12H20N4S2. The van der Waals surface area contributed by atoms with Crippen LogP contribution in [-0.4, -0.2) is 60.2 Å². The maximum absolute atomic E-state index is 4.40. The van der Waals surface area contributed by atoms with Gasteiger partial charge in [0.1, 0.15) is 18.0 Å². The molecule has 0 radical (unpaired) electrons. The molecule has 0 aromatic carbocycles. The van der Waals surface area contributed by atoms with Gasteiger partial charge in [-0.2, -0.15) is 23.5 Å². The third-order valence-corrected chi connectivity index (χ3v) is 4.53. The number of rotatable bonds is 5. The Balaban J connectivity index is 2.04. The highest BCUT2D eigenvalue weighted by molar-refractivity contribution is 7.99.